The Labute approximate surface area is 96.9 Å². The molecule has 92 valence electrons. The number of carbonyl (C=O) groups is 1. The Balaban J connectivity index is 2.65. The minimum atomic E-state index is -0.829. The average Bonchev–Trinajstić information content (AvgIpc) is 2.26. The molecule has 1 aliphatic carbocycles. The van der Waals surface area contributed by atoms with Crippen molar-refractivity contribution in [1.82, 2.24) is 0 Å². The summed E-state index contributed by atoms with van der Waals surface area (Å²) in [5.74, 6) is -0.888. The van der Waals surface area contributed by atoms with Gasteiger partial charge in [-0.25, -0.2) is 4.79 Å². The number of halogens is 1. The van der Waals surface area contributed by atoms with E-state index < -0.39 is 11.8 Å². The molecule has 1 rings (SSSR count). The van der Waals surface area contributed by atoms with Crippen LogP contribution in [0.25, 0.3) is 0 Å². The first kappa shape index (κ1) is 13.2. The van der Waals surface area contributed by atoms with Crippen molar-refractivity contribution in [3.8, 4) is 0 Å². The first-order valence-corrected chi connectivity index (χ1v) is 5.82. The van der Waals surface area contributed by atoms with Crippen LogP contribution in [0.3, 0.4) is 0 Å². The number of carbonyl (C=O) groups excluding carboxylic acids is 1. The van der Waals surface area contributed by atoms with Gasteiger partial charge in [-0.15, -0.1) is 0 Å². The van der Waals surface area contributed by atoms with Crippen molar-refractivity contribution in [2.45, 2.75) is 46.5 Å². The molecule has 0 amide bonds. The third-order valence-electron chi connectivity index (χ3n) is 3.49. The standard InChI is InChI=1S/C13H21FO2/c1-13(2,3)10-7-5-9(6-8-10)11(14)12(15)16-4/h10H,5-8H2,1-4H3. The Morgan fingerprint density at radius 3 is 2.19 bits per heavy atom. The summed E-state index contributed by atoms with van der Waals surface area (Å²) in [5, 5.41) is 0. The normalized spacial score (nSPS) is 21.8. The fourth-order valence-electron chi connectivity index (χ4n) is 2.29. The Hall–Kier alpha value is -0.860. The summed E-state index contributed by atoms with van der Waals surface area (Å²) in [4.78, 5) is 11.0. The van der Waals surface area contributed by atoms with E-state index in [1.807, 2.05) is 0 Å². The number of ether oxygens (including phenoxy) is 1. The maximum Gasteiger partial charge on any atom is 0.366 e. The van der Waals surface area contributed by atoms with Crippen molar-refractivity contribution >= 4 is 5.97 Å². The van der Waals surface area contributed by atoms with Crippen molar-refractivity contribution in [3.63, 3.8) is 0 Å². The number of rotatable bonds is 1. The Morgan fingerprint density at radius 1 is 1.31 bits per heavy atom. The molecule has 3 heteroatoms. The van der Waals surface area contributed by atoms with Crippen LogP contribution < -0.4 is 0 Å². The predicted octanol–water partition coefficient (Wildman–Crippen LogP) is 3.62. The minimum Gasteiger partial charge on any atom is -0.464 e. The molecule has 0 aromatic heterocycles. The second-order valence-corrected chi connectivity index (χ2v) is 5.55. The SMILES string of the molecule is COC(=O)C(F)=C1CCC(C(C)(C)C)CC1. The number of hydrogen-bond acceptors (Lipinski definition) is 2. The highest BCUT2D eigenvalue weighted by Gasteiger charge is 2.29. The van der Waals surface area contributed by atoms with Gasteiger partial charge in [0.05, 0.1) is 7.11 Å². The second-order valence-electron chi connectivity index (χ2n) is 5.55. The first-order chi connectivity index (χ1) is 7.36. The first-order valence-electron chi connectivity index (χ1n) is 5.82. The maximum atomic E-state index is 13.5. The summed E-state index contributed by atoms with van der Waals surface area (Å²) in [7, 11) is 1.21. The van der Waals surface area contributed by atoms with Gasteiger partial charge in [-0.2, -0.15) is 4.39 Å². The van der Waals surface area contributed by atoms with Gasteiger partial charge in [-0.1, -0.05) is 20.8 Å². The van der Waals surface area contributed by atoms with Crippen LogP contribution in [-0.2, 0) is 9.53 Å². The number of allylic oxidation sites excluding steroid dienone is 1. The van der Waals surface area contributed by atoms with Crippen LogP contribution in [0.15, 0.2) is 11.4 Å². The largest absolute Gasteiger partial charge is 0.464 e. The van der Waals surface area contributed by atoms with Gasteiger partial charge in [-0.05, 0) is 42.6 Å². The fourth-order valence-corrected chi connectivity index (χ4v) is 2.29. The summed E-state index contributed by atoms with van der Waals surface area (Å²) in [5.41, 5.74) is 0.903. The third-order valence-corrected chi connectivity index (χ3v) is 3.49. The van der Waals surface area contributed by atoms with Crippen LogP contribution in [0.1, 0.15) is 46.5 Å². The van der Waals surface area contributed by atoms with Gasteiger partial charge in [0, 0.05) is 0 Å². The summed E-state index contributed by atoms with van der Waals surface area (Å²) in [6, 6.07) is 0. The van der Waals surface area contributed by atoms with E-state index in [9.17, 15) is 9.18 Å². The van der Waals surface area contributed by atoms with Gasteiger partial charge >= 0.3 is 5.97 Å². The molecule has 0 radical (unpaired) electrons. The lowest BCUT2D eigenvalue weighted by Gasteiger charge is -2.34. The highest BCUT2D eigenvalue weighted by atomic mass is 19.1. The molecule has 1 saturated carbocycles. The Morgan fingerprint density at radius 2 is 1.81 bits per heavy atom. The zero-order valence-corrected chi connectivity index (χ0v) is 10.6. The lowest BCUT2D eigenvalue weighted by atomic mass is 9.71. The maximum absolute atomic E-state index is 13.5. The molecule has 0 spiro atoms. The van der Waals surface area contributed by atoms with E-state index in [0.29, 0.717) is 24.3 Å². The third kappa shape index (κ3) is 3.06. The fraction of sp³-hybridized carbons (Fsp3) is 0.769. The zero-order valence-electron chi connectivity index (χ0n) is 10.6. The molecule has 0 bridgehead atoms. The predicted molar refractivity (Wildman–Crippen MR) is 61.6 cm³/mol. The van der Waals surface area contributed by atoms with Crippen LogP contribution in [0.2, 0.25) is 0 Å². The molecule has 0 N–H and O–H groups in total. The van der Waals surface area contributed by atoms with Crippen molar-refractivity contribution in [3.05, 3.63) is 11.4 Å². The molecule has 0 aromatic carbocycles. The van der Waals surface area contributed by atoms with E-state index in [2.05, 4.69) is 25.5 Å². The summed E-state index contributed by atoms with van der Waals surface area (Å²) in [6.07, 6.45) is 3.29. The van der Waals surface area contributed by atoms with Crippen molar-refractivity contribution < 1.29 is 13.9 Å². The molecule has 16 heavy (non-hydrogen) atoms. The van der Waals surface area contributed by atoms with E-state index in [0.717, 1.165) is 12.8 Å². The topological polar surface area (TPSA) is 26.3 Å². The molecule has 0 aliphatic heterocycles. The summed E-state index contributed by atoms with van der Waals surface area (Å²) < 4.78 is 17.9. The monoisotopic (exact) mass is 228 g/mol. The molecular weight excluding hydrogens is 207 g/mol. The van der Waals surface area contributed by atoms with Crippen LogP contribution in [-0.4, -0.2) is 13.1 Å². The number of esters is 1. The lowest BCUT2D eigenvalue weighted by molar-refractivity contribution is -0.137. The minimum absolute atomic E-state index is 0.271. The van der Waals surface area contributed by atoms with Crippen LogP contribution in [0, 0.1) is 11.3 Å². The molecular formula is C13H21FO2. The quantitative estimate of drug-likeness (QED) is 0.506. The zero-order chi connectivity index (χ0) is 12.3. The highest BCUT2D eigenvalue weighted by Crippen LogP contribution is 2.40. The molecule has 0 unspecified atom stereocenters. The molecule has 1 fully saturated rings. The highest BCUT2D eigenvalue weighted by molar-refractivity contribution is 5.86. The van der Waals surface area contributed by atoms with Crippen molar-refractivity contribution in [2.75, 3.05) is 7.11 Å². The second kappa shape index (κ2) is 4.98. The Kier molecular flexibility index (Phi) is 4.11. The van der Waals surface area contributed by atoms with E-state index in [-0.39, 0.29) is 5.41 Å². The van der Waals surface area contributed by atoms with Crippen LogP contribution in [0.5, 0.6) is 0 Å². The molecule has 0 atom stereocenters. The molecule has 0 saturated heterocycles. The smallest absolute Gasteiger partial charge is 0.366 e. The van der Waals surface area contributed by atoms with Crippen molar-refractivity contribution in [1.29, 1.82) is 0 Å². The van der Waals surface area contributed by atoms with E-state index in [1.54, 1.807) is 0 Å². The molecule has 2 nitrogen and oxygen atoms in total. The van der Waals surface area contributed by atoms with Crippen LogP contribution in [0.4, 0.5) is 4.39 Å². The summed E-state index contributed by atoms with van der Waals surface area (Å²) in [6.45, 7) is 6.63. The van der Waals surface area contributed by atoms with Gasteiger partial charge in [0.15, 0.2) is 0 Å². The Bertz CT molecular complexity index is 290. The van der Waals surface area contributed by atoms with E-state index >= 15 is 0 Å². The van der Waals surface area contributed by atoms with Gasteiger partial charge < -0.3 is 4.74 Å². The lowest BCUT2D eigenvalue weighted by Crippen LogP contribution is -2.24. The van der Waals surface area contributed by atoms with Gasteiger partial charge in [0.25, 0.3) is 0 Å². The van der Waals surface area contributed by atoms with E-state index in [4.69, 9.17) is 0 Å². The molecule has 1 aliphatic rings. The summed E-state index contributed by atoms with van der Waals surface area (Å²) >= 11 is 0. The number of hydrogen-bond donors (Lipinski definition) is 0. The van der Waals surface area contributed by atoms with Crippen molar-refractivity contribution in [2.24, 2.45) is 11.3 Å². The van der Waals surface area contributed by atoms with Crippen LogP contribution >= 0.6 is 0 Å². The molecule has 0 aromatic rings. The number of methoxy groups -OCH3 is 1. The molecule has 0 heterocycles. The van der Waals surface area contributed by atoms with Gasteiger partial charge in [-0.3, -0.25) is 0 Å². The average molecular weight is 228 g/mol. The van der Waals surface area contributed by atoms with Gasteiger partial charge in [0.2, 0.25) is 5.83 Å². The van der Waals surface area contributed by atoms with E-state index in [1.165, 1.54) is 7.11 Å². The van der Waals surface area contributed by atoms with Gasteiger partial charge in [0.1, 0.15) is 0 Å².